The van der Waals surface area contributed by atoms with E-state index in [1.165, 1.54) is 12.1 Å². The quantitative estimate of drug-likeness (QED) is 0.786. The van der Waals surface area contributed by atoms with E-state index >= 15 is 0 Å². The Kier molecular flexibility index (Phi) is 2.55. The van der Waals surface area contributed by atoms with E-state index in [0.29, 0.717) is 24.7 Å². The summed E-state index contributed by atoms with van der Waals surface area (Å²) in [5, 5.41) is 0. The molecule has 18 heavy (non-hydrogen) atoms. The zero-order valence-corrected chi connectivity index (χ0v) is 9.65. The Hall–Kier alpha value is -2.23. The van der Waals surface area contributed by atoms with E-state index in [0.717, 1.165) is 16.9 Å². The highest BCUT2D eigenvalue weighted by atomic mass is 19.1. The zero-order chi connectivity index (χ0) is 12.5. The second-order valence-electron chi connectivity index (χ2n) is 4.13. The Morgan fingerprint density at radius 1 is 0.889 bits per heavy atom. The standard InChI is InChI=1S/C14H12FNO2/c15-11-5-10(6-12(16)8-11)9-1-2-13-14(7-9)18-4-3-17-13/h1-2,5-8H,3-4,16H2. The molecule has 0 amide bonds. The molecule has 1 aliphatic rings. The van der Waals surface area contributed by atoms with E-state index in [2.05, 4.69) is 0 Å². The summed E-state index contributed by atoms with van der Waals surface area (Å²) in [5.41, 5.74) is 7.62. The van der Waals surface area contributed by atoms with Gasteiger partial charge in [0.25, 0.3) is 0 Å². The van der Waals surface area contributed by atoms with E-state index in [4.69, 9.17) is 15.2 Å². The number of halogens is 1. The number of hydrogen-bond acceptors (Lipinski definition) is 3. The molecule has 0 atom stereocenters. The van der Waals surface area contributed by atoms with Gasteiger partial charge in [-0.1, -0.05) is 6.07 Å². The van der Waals surface area contributed by atoms with Gasteiger partial charge in [-0.2, -0.15) is 0 Å². The Morgan fingerprint density at radius 3 is 2.44 bits per heavy atom. The van der Waals surface area contributed by atoms with Gasteiger partial charge in [-0.25, -0.2) is 4.39 Å². The molecular formula is C14H12FNO2. The summed E-state index contributed by atoms with van der Waals surface area (Å²) in [6, 6.07) is 9.99. The number of fused-ring (bicyclic) bond motifs is 1. The molecule has 0 saturated carbocycles. The molecule has 0 radical (unpaired) electrons. The van der Waals surface area contributed by atoms with Crippen LogP contribution < -0.4 is 15.2 Å². The lowest BCUT2D eigenvalue weighted by Gasteiger charge is -2.19. The van der Waals surface area contributed by atoms with Gasteiger partial charge in [-0.15, -0.1) is 0 Å². The third-order valence-corrected chi connectivity index (χ3v) is 2.80. The minimum atomic E-state index is -0.347. The number of ether oxygens (including phenoxy) is 2. The third-order valence-electron chi connectivity index (χ3n) is 2.80. The van der Waals surface area contributed by atoms with Crippen LogP contribution in [0.25, 0.3) is 11.1 Å². The average Bonchev–Trinajstić information content (AvgIpc) is 2.37. The normalized spacial score (nSPS) is 13.4. The van der Waals surface area contributed by atoms with E-state index in [-0.39, 0.29) is 5.82 Å². The number of nitrogens with two attached hydrogens (primary N) is 1. The van der Waals surface area contributed by atoms with Gasteiger partial charge in [-0.3, -0.25) is 0 Å². The van der Waals surface area contributed by atoms with Crippen LogP contribution in [-0.2, 0) is 0 Å². The first kappa shape index (κ1) is 10.9. The first-order valence-corrected chi connectivity index (χ1v) is 5.68. The summed E-state index contributed by atoms with van der Waals surface area (Å²) >= 11 is 0. The lowest BCUT2D eigenvalue weighted by Crippen LogP contribution is -2.15. The molecule has 0 unspecified atom stereocenters. The molecule has 1 aliphatic heterocycles. The largest absolute Gasteiger partial charge is 0.486 e. The van der Waals surface area contributed by atoms with Crippen molar-refractivity contribution in [3.05, 3.63) is 42.2 Å². The summed E-state index contributed by atoms with van der Waals surface area (Å²) in [5.74, 6) is 1.05. The van der Waals surface area contributed by atoms with Gasteiger partial charge in [0.2, 0.25) is 0 Å². The van der Waals surface area contributed by atoms with Crippen LogP contribution in [0.15, 0.2) is 36.4 Å². The van der Waals surface area contributed by atoms with Crippen molar-refractivity contribution >= 4 is 5.69 Å². The topological polar surface area (TPSA) is 44.5 Å². The maximum absolute atomic E-state index is 13.3. The summed E-state index contributed by atoms with van der Waals surface area (Å²) in [6.45, 7) is 1.08. The molecule has 0 aromatic heterocycles. The Labute approximate surface area is 104 Å². The predicted octanol–water partition coefficient (Wildman–Crippen LogP) is 2.85. The number of anilines is 1. The Bertz CT molecular complexity index is 578. The maximum Gasteiger partial charge on any atom is 0.161 e. The molecule has 2 N–H and O–H groups in total. The first-order chi connectivity index (χ1) is 8.72. The number of nitrogen functional groups attached to an aromatic ring is 1. The molecule has 2 aromatic carbocycles. The van der Waals surface area contributed by atoms with E-state index in [1.807, 2.05) is 18.2 Å². The smallest absolute Gasteiger partial charge is 0.161 e. The van der Waals surface area contributed by atoms with Crippen LogP contribution in [-0.4, -0.2) is 13.2 Å². The van der Waals surface area contributed by atoms with Gasteiger partial charge < -0.3 is 15.2 Å². The van der Waals surface area contributed by atoms with Crippen LogP contribution in [0.2, 0.25) is 0 Å². The molecular weight excluding hydrogens is 233 g/mol. The summed E-state index contributed by atoms with van der Waals surface area (Å²) in [7, 11) is 0. The Morgan fingerprint density at radius 2 is 1.67 bits per heavy atom. The van der Waals surface area contributed by atoms with E-state index < -0.39 is 0 Å². The highest BCUT2D eigenvalue weighted by molar-refractivity contribution is 5.70. The fourth-order valence-corrected chi connectivity index (χ4v) is 2.00. The van der Waals surface area contributed by atoms with Crippen LogP contribution in [0.1, 0.15) is 0 Å². The van der Waals surface area contributed by atoms with Gasteiger partial charge >= 0.3 is 0 Å². The van der Waals surface area contributed by atoms with E-state index in [9.17, 15) is 4.39 Å². The SMILES string of the molecule is Nc1cc(F)cc(-c2ccc3c(c2)OCCO3)c1. The van der Waals surface area contributed by atoms with Gasteiger partial charge in [0.05, 0.1) is 0 Å². The highest BCUT2D eigenvalue weighted by Gasteiger charge is 2.12. The zero-order valence-electron chi connectivity index (χ0n) is 9.65. The number of rotatable bonds is 1. The minimum Gasteiger partial charge on any atom is -0.486 e. The van der Waals surface area contributed by atoms with Gasteiger partial charge in [0, 0.05) is 5.69 Å². The fourth-order valence-electron chi connectivity index (χ4n) is 2.00. The van der Waals surface area contributed by atoms with Crippen LogP contribution in [0.3, 0.4) is 0 Å². The lowest BCUT2D eigenvalue weighted by atomic mass is 10.0. The summed E-state index contributed by atoms with van der Waals surface area (Å²) in [6.07, 6.45) is 0. The monoisotopic (exact) mass is 245 g/mol. The summed E-state index contributed by atoms with van der Waals surface area (Å²) in [4.78, 5) is 0. The van der Waals surface area contributed by atoms with Gasteiger partial charge in [-0.05, 0) is 41.5 Å². The summed E-state index contributed by atoms with van der Waals surface area (Å²) < 4.78 is 24.3. The van der Waals surface area contributed by atoms with Crippen molar-refractivity contribution in [3.8, 4) is 22.6 Å². The second kappa shape index (κ2) is 4.22. The highest BCUT2D eigenvalue weighted by Crippen LogP contribution is 2.35. The van der Waals surface area contributed by atoms with Crippen molar-refractivity contribution in [3.63, 3.8) is 0 Å². The van der Waals surface area contributed by atoms with Crippen LogP contribution in [0, 0.1) is 5.82 Å². The van der Waals surface area contributed by atoms with Crippen molar-refractivity contribution in [2.45, 2.75) is 0 Å². The van der Waals surface area contributed by atoms with Crippen molar-refractivity contribution < 1.29 is 13.9 Å². The number of benzene rings is 2. The maximum atomic E-state index is 13.3. The molecule has 0 fully saturated rings. The minimum absolute atomic E-state index is 0.347. The van der Waals surface area contributed by atoms with Crippen molar-refractivity contribution in [2.75, 3.05) is 18.9 Å². The lowest BCUT2D eigenvalue weighted by molar-refractivity contribution is 0.171. The van der Waals surface area contributed by atoms with Crippen LogP contribution >= 0.6 is 0 Å². The molecule has 92 valence electrons. The van der Waals surface area contributed by atoms with Crippen LogP contribution in [0.5, 0.6) is 11.5 Å². The molecule has 3 nitrogen and oxygen atoms in total. The van der Waals surface area contributed by atoms with Crippen molar-refractivity contribution in [1.82, 2.24) is 0 Å². The molecule has 1 heterocycles. The fraction of sp³-hybridized carbons (Fsp3) is 0.143. The van der Waals surface area contributed by atoms with Crippen LogP contribution in [0.4, 0.5) is 10.1 Å². The molecule has 0 spiro atoms. The third kappa shape index (κ3) is 1.97. The molecule has 0 saturated heterocycles. The molecule has 0 bridgehead atoms. The molecule has 2 aromatic rings. The van der Waals surface area contributed by atoms with Crippen molar-refractivity contribution in [2.24, 2.45) is 0 Å². The van der Waals surface area contributed by atoms with Crippen molar-refractivity contribution in [1.29, 1.82) is 0 Å². The molecule has 3 rings (SSSR count). The predicted molar refractivity (Wildman–Crippen MR) is 67.2 cm³/mol. The average molecular weight is 245 g/mol. The Balaban J connectivity index is 2.06. The van der Waals surface area contributed by atoms with E-state index in [1.54, 1.807) is 6.07 Å². The van der Waals surface area contributed by atoms with Gasteiger partial charge in [0.15, 0.2) is 11.5 Å². The molecule has 0 aliphatic carbocycles. The second-order valence-corrected chi connectivity index (χ2v) is 4.13. The first-order valence-electron chi connectivity index (χ1n) is 5.68. The van der Waals surface area contributed by atoms with Gasteiger partial charge in [0.1, 0.15) is 19.0 Å². The molecule has 4 heteroatoms. The number of hydrogen-bond donors (Lipinski definition) is 1.